The first kappa shape index (κ1) is 16.6. The molecule has 0 atom stereocenters. The topological polar surface area (TPSA) is 79.3 Å². The van der Waals surface area contributed by atoms with Crippen molar-refractivity contribution in [1.82, 2.24) is 10.5 Å². The van der Waals surface area contributed by atoms with E-state index in [1.165, 1.54) is 12.6 Å². The average Bonchev–Trinajstić information content (AvgIpc) is 2.61. The van der Waals surface area contributed by atoms with Crippen LogP contribution >= 0.6 is 0 Å². The number of hydroxylamine groups is 1. The van der Waals surface area contributed by atoms with Crippen molar-refractivity contribution in [3.63, 3.8) is 0 Å². The van der Waals surface area contributed by atoms with Crippen LogP contribution in [-0.4, -0.2) is 21.9 Å². The van der Waals surface area contributed by atoms with Gasteiger partial charge in [0.2, 0.25) is 0 Å². The van der Waals surface area contributed by atoms with Gasteiger partial charge in [-0.15, -0.1) is 0 Å². The van der Waals surface area contributed by atoms with Crippen molar-refractivity contribution in [3.05, 3.63) is 41.6 Å². The molecule has 0 unspecified atom stereocenters. The number of benzene rings is 1. The molecule has 1 amide bonds. The highest BCUT2D eigenvalue weighted by Crippen LogP contribution is 2.37. The number of hydrogen-bond acceptors (Lipinski definition) is 4. The number of ketones is 1. The van der Waals surface area contributed by atoms with Crippen LogP contribution in [-0.2, 0) is 11.2 Å². The largest absolute Gasteiger partial charge is 0.299 e. The second-order valence-corrected chi connectivity index (χ2v) is 6.91. The Hall–Kier alpha value is -2.27. The van der Waals surface area contributed by atoms with Gasteiger partial charge in [0.1, 0.15) is 5.78 Å². The third-order valence-corrected chi connectivity index (χ3v) is 5.10. The molecule has 1 saturated carbocycles. The smallest absolute Gasteiger partial charge is 0.276 e. The SMILES string of the molecule is CC1(C(=O)Cc2ccc3ncc(C(=O)NO)cc3c2)CCCCC1. The zero-order valence-corrected chi connectivity index (χ0v) is 13.8. The van der Waals surface area contributed by atoms with Crippen LogP contribution in [0.1, 0.15) is 54.9 Å². The summed E-state index contributed by atoms with van der Waals surface area (Å²) >= 11 is 0. The van der Waals surface area contributed by atoms with Crippen LogP contribution < -0.4 is 5.48 Å². The molecule has 0 spiro atoms. The summed E-state index contributed by atoms with van der Waals surface area (Å²) in [4.78, 5) is 28.5. The van der Waals surface area contributed by atoms with E-state index in [-0.39, 0.29) is 11.0 Å². The Labute approximate surface area is 141 Å². The Balaban J connectivity index is 1.84. The molecular weight excluding hydrogens is 304 g/mol. The minimum atomic E-state index is -0.597. The third-order valence-electron chi connectivity index (χ3n) is 5.10. The molecule has 0 aliphatic heterocycles. The Morgan fingerprint density at radius 1 is 1.21 bits per heavy atom. The fourth-order valence-corrected chi connectivity index (χ4v) is 3.49. The fraction of sp³-hybridized carbons (Fsp3) is 0.421. The van der Waals surface area contributed by atoms with Crippen molar-refractivity contribution in [2.24, 2.45) is 5.41 Å². The summed E-state index contributed by atoms with van der Waals surface area (Å²) in [6.45, 7) is 2.08. The van der Waals surface area contributed by atoms with E-state index < -0.39 is 5.91 Å². The van der Waals surface area contributed by atoms with Gasteiger partial charge in [-0.05, 0) is 36.6 Å². The highest BCUT2D eigenvalue weighted by Gasteiger charge is 2.33. The molecule has 126 valence electrons. The lowest BCUT2D eigenvalue weighted by Crippen LogP contribution is -2.31. The molecule has 1 aromatic heterocycles. The number of hydrogen-bond donors (Lipinski definition) is 2. The summed E-state index contributed by atoms with van der Waals surface area (Å²) in [7, 11) is 0. The van der Waals surface area contributed by atoms with Gasteiger partial charge in [-0.1, -0.05) is 32.3 Å². The van der Waals surface area contributed by atoms with E-state index in [2.05, 4.69) is 11.9 Å². The maximum Gasteiger partial charge on any atom is 0.276 e. The van der Waals surface area contributed by atoms with E-state index in [1.54, 1.807) is 11.5 Å². The number of rotatable bonds is 4. The van der Waals surface area contributed by atoms with Gasteiger partial charge in [0.05, 0.1) is 11.1 Å². The highest BCUT2D eigenvalue weighted by atomic mass is 16.5. The van der Waals surface area contributed by atoms with Gasteiger partial charge in [0, 0.05) is 23.4 Å². The van der Waals surface area contributed by atoms with Crippen molar-refractivity contribution in [2.75, 3.05) is 0 Å². The molecule has 2 N–H and O–H groups in total. The normalized spacial score (nSPS) is 16.8. The van der Waals surface area contributed by atoms with Crippen molar-refractivity contribution in [2.45, 2.75) is 45.4 Å². The van der Waals surface area contributed by atoms with Gasteiger partial charge >= 0.3 is 0 Å². The van der Waals surface area contributed by atoms with Crippen LogP contribution in [0.25, 0.3) is 10.9 Å². The number of carbonyl (C=O) groups excluding carboxylic acids is 2. The average molecular weight is 326 g/mol. The molecular formula is C19H22N2O3. The molecule has 1 heterocycles. The maximum absolute atomic E-state index is 12.7. The van der Waals surface area contributed by atoms with Gasteiger partial charge in [-0.3, -0.25) is 19.8 Å². The van der Waals surface area contributed by atoms with Crippen molar-refractivity contribution in [1.29, 1.82) is 0 Å². The Bertz CT molecular complexity index is 779. The summed E-state index contributed by atoms with van der Waals surface area (Å²) in [5, 5.41) is 9.52. The molecule has 5 heteroatoms. The molecule has 1 aliphatic rings. The first-order chi connectivity index (χ1) is 11.5. The number of pyridine rings is 1. The standard InChI is InChI=1S/C19H22N2O3/c1-19(7-3-2-4-8-19)17(22)10-13-5-6-16-14(9-13)11-15(12-20-16)18(23)21-24/h5-6,9,11-12,24H,2-4,7-8,10H2,1H3,(H,21,23). The van der Waals surface area contributed by atoms with E-state index in [0.717, 1.165) is 42.1 Å². The van der Waals surface area contributed by atoms with Crippen LogP contribution in [0.3, 0.4) is 0 Å². The maximum atomic E-state index is 12.7. The van der Waals surface area contributed by atoms with Gasteiger partial charge in [-0.25, -0.2) is 5.48 Å². The van der Waals surface area contributed by atoms with E-state index in [9.17, 15) is 9.59 Å². The van der Waals surface area contributed by atoms with Crippen LogP contribution in [0, 0.1) is 5.41 Å². The van der Waals surface area contributed by atoms with Crippen molar-refractivity contribution < 1.29 is 14.8 Å². The molecule has 0 bridgehead atoms. The molecule has 5 nitrogen and oxygen atoms in total. The summed E-state index contributed by atoms with van der Waals surface area (Å²) in [5.74, 6) is -0.306. The first-order valence-electron chi connectivity index (χ1n) is 8.38. The minimum Gasteiger partial charge on any atom is -0.299 e. The summed E-state index contributed by atoms with van der Waals surface area (Å²) in [6, 6.07) is 7.36. The van der Waals surface area contributed by atoms with Crippen LogP contribution in [0.4, 0.5) is 0 Å². The quantitative estimate of drug-likeness (QED) is 0.666. The lowest BCUT2D eigenvalue weighted by molar-refractivity contribution is -0.128. The number of Topliss-reactive ketones (excluding diaryl/α,β-unsaturated/α-hetero) is 1. The zero-order valence-electron chi connectivity index (χ0n) is 13.8. The minimum absolute atomic E-state index is 0.204. The molecule has 1 fully saturated rings. The predicted octanol–water partition coefficient (Wildman–Crippen LogP) is 3.44. The van der Waals surface area contributed by atoms with Gasteiger partial charge < -0.3 is 0 Å². The monoisotopic (exact) mass is 326 g/mol. The molecule has 1 aliphatic carbocycles. The summed E-state index contributed by atoms with van der Waals surface area (Å²) in [5.41, 5.74) is 3.38. The molecule has 1 aromatic carbocycles. The van der Waals surface area contributed by atoms with Gasteiger partial charge in [-0.2, -0.15) is 0 Å². The third kappa shape index (κ3) is 3.31. The van der Waals surface area contributed by atoms with E-state index in [0.29, 0.717) is 12.2 Å². The van der Waals surface area contributed by atoms with Crippen LogP contribution in [0.5, 0.6) is 0 Å². The van der Waals surface area contributed by atoms with Crippen molar-refractivity contribution >= 4 is 22.6 Å². The lowest BCUT2D eigenvalue weighted by atomic mass is 9.71. The zero-order chi connectivity index (χ0) is 17.2. The van der Waals surface area contributed by atoms with E-state index >= 15 is 0 Å². The summed E-state index contributed by atoms with van der Waals surface area (Å²) in [6.07, 6.45) is 7.25. The predicted molar refractivity (Wildman–Crippen MR) is 90.9 cm³/mol. The Kier molecular flexibility index (Phi) is 4.62. The molecule has 2 aromatic rings. The Morgan fingerprint density at radius 2 is 1.96 bits per heavy atom. The second-order valence-electron chi connectivity index (χ2n) is 6.91. The number of carbonyl (C=O) groups is 2. The fourth-order valence-electron chi connectivity index (χ4n) is 3.49. The molecule has 24 heavy (non-hydrogen) atoms. The number of aromatic nitrogens is 1. The molecule has 0 radical (unpaired) electrons. The Morgan fingerprint density at radius 3 is 2.67 bits per heavy atom. The highest BCUT2D eigenvalue weighted by molar-refractivity contribution is 5.97. The van der Waals surface area contributed by atoms with Gasteiger partial charge in [0.15, 0.2) is 0 Å². The first-order valence-corrected chi connectivity index (χ1v) is 8.38. The van der Waals surface area contributed by atoms with E-state index in [1.807, 2.05) is 18.2 Å². The summed E-state index contributed by atoms with van der Waals surface area (Å²) < 4.78 is 0. The number of amides is 1. The lowest BCUT2D eigenvalue weighted by Gasteiger charge is -2.32. The van der Waals surface area contributed by atoms with Gasteiger partial charge in [0.25, 0.3) is 5.91 Å². The van der Waals surface area contributed by atoms with Crippen LogP contribution in [0.2, 0.25) is 0 Å². The van der Waals surface area contributed by atoms with E-state index in [4.69, 9.17) is 5.21 Å². The molecule has 0 saturated heterocycles. The molecule has 3 rings (SSSR count). The number of nitrogens with one attached hydrogen (secondary N) is 1. The van der Waals surface area contributed by atoms with Crippen molar-refractivity contribution in [3.8, 4) is 0 Å². The number of nitrogens with zero attached hydrogens (tertiary/aromatic N) is 1. The second kappa shape index (κ2) is 6.69. The van der Waals surface area contributed by atoms with Crippen LogP contribution in [0.15, 0.2) is 30.5 Å². The number of fused-ring (bicyclic) bond motifs is 1.